The van der Waals surface area contributed by atoms with Gasteiger partial charge < -0.3 is 0 Å². The number of aryl methyl sites for hydroxylation is 2. The third-order valence-corrected chi connectivity index (χ3v) is 3.94. The van der Waals surface area contributed by atoms with Crippen LogP contribution in [0.4, 0.5) is 0 Å². The molecule has 0 unspecified atom stereocenters. The number of hydrogen-bond donors (Lipinski definition) is 0. The zero-order chi connectivity index (χ0) is 9.00. The van der Waals surface area contributed by atoms with Crippen LogP contribution in [-0.4, -0.2) is 9.38 Å². The Kier molecular flexibility index (Phi) is 1.37. The molecule has 3 heteroatoms. The highest BCUT2D eigenvalue weighted by atomic mass is 32.1. The summed E-state index contributed by atoms with van der Waals surface area (Å²) in [4.78, 5) is 7.21. The van der Waals surface area contributed by atoms with E-state index >= 15 is 0 Å². The van der Waals surface area contributed by atoms with E-state index in [0.29, 0.717) is 0 Å². The van der Waals surface area contributed by atoms with E-state index in [1.165, 1.54) is 23.4 Å². The van der Waals surface area contributed by atoms with Crippen LogP contribution in [0.15, 0.2) is 6.20 Å². The summed E-state index contributed by atoms with van der Waals surface area (Å²) in [6.07, 6.45) is 5.02. The Bertz CT molecular complexity index is 462. The molecule has 13 heavy (non-hydrogen) atoms. The van der Waals surface area contributed by atoms with Gasteiger partial charge in [0, 0.05) is 16.8 Å². The molecule has 68 valence electrons. The normalized spacial score (nSPS) is 17.1. The van der Waals surface area contributed by atoms with E-state index in [4.69, 9.17) is 0 Å². The first-order valence-corrected chi connectivity index (χ1v) is 5.52. The number of fused-ring (bicyclic) bond motifs is 1. The predicted octanol–water partition coefficient (Wildman–Crippen LogP) is 2.89. The van der Waals surface area contributed by atoms with Crippen molar-refractivity contribution in [1.82, 2.24) is 9.38 Å². The summed E-state index contributed by atoms with van der Waals surface area (Å²) in [5, 5.41) is 0. The largest absolute Gasteiger partial charge is 0.294 e. The Morgan fingerprint density at radius 3 is 2.85 bits per heavy atom. The molecule has 2 heterocycles. The molecular weight excluding hydrogens is 180 g/mol. The minimum absolute atomic E-state index is 0.853. The zero-order valence-electron chi connectivity index (χ0n) is 7.87. The summed E-state index contributed by atoms with van der Waals surface area (Å²) in [5.41, 5.74) is 2.45. The number of rotatable bonds is 1. The fraction of sp³-hybridized carbons (Fsp3) is 0.500. The molecule has 1 aliphatic carbocycles. The van der Waals surface area contributed by atoms with E-state index in [-0.39, 0.29) is 0 Å². The Hall–Kier alpha value is -0.830. The maximum Gasteiger partial charge on any atom is 0.194 e. The highest BCUT2D eigenvalue weighted by Crippen LogP contribution is 2.43. The van der Waals surface area contributed by atoms with E-state index in [1.807, 2.05) is 11.3 Å². The van der Waals surface area contributed by atoms with Crippen molar-refractivity contribution in [3.05, 3.63) is 22.5 Å². The van der Waals surface area contributed by atoms with Crippen molar-refractivity contribution in [2.24, 2.45) is 0 Å². The third-order valence-electron chi connectivity index (χ3n) is 2.80. The maximum absolute atomic E-state index is 4.53. The van der Waals surface area contributed by atoms with Crippen molar-refractivity contribution in [3.63, 3.8) is 0 Å². The van der Waals surface area contributed by atoms with E-state index in [0.717, 1.165) is 16.6 Å². The summed E-state index contributed by atoms with van der Waals surface area (Å²) in [7, 11) is 0. The summed E-state index contributed by atoms with van der Waals surface area (Å²) < 4.78 is 2.23. The van der Waals surface area contributed by atoms with Gasteiger partial charge in [0.25, 0.3) is 0 Å². The fourth-order valence-corrected chi connectivity index (χ4v) is 2.88. The minimum atomic E-state index is 0.853. The monoisotopic (exact) mass is 192 g/mol. The first-order chi connectivity index (χ1) is 6.25. The van der Waals surface area contributed by atoms with Gasteiger partial charge in [-0.1, -0.05) is 0 Å². The molecule has 1 saturated carbocycles. The van der Waals surface area contributed by atoms with Crippen molar-refractivity contribution < 1.29 is 0 Å². The van der Waals surface area contributed by atoms with Crippen LogP contribution in [-0.2, 0) is 0 Å². The highest BCUT2D eigenvalue weighted by molar-refractivity contribution is 7.17. The molecule has 0 spiro atoms. The molecule has 0 amide bonds. The Labute approximate surface area is 81.2 Å². The van der Waals surface area contributed by atoms with Crippen LogP contribution in [0.25, 0.3) is 4.96 Å². The second-order valence-electron chi connectivity index (χ2n) is 3.84. The van der Waals surface area contributed by atoms with E-state index in [1.54, 1.807) is 0 Å². The molecule has 0 atom stereocenters. The Morgan fingerprint density at radius 2 is 2.23 bits per heavy atom. The van der Waals surface area contributed by atoms with Gasteiger partial charge in [-0.3, -0.25) is 4.40 Å². The fourth-order valence-electron chi connectivity index (χ4n) is 1.64. The lowest BCUT2D eigenvalue weighted by Crippen LogP contribution is -1.82. The topological polar surface area (TPSA) is 17.3 Å². The van der Waals surface area contributed by atoms with Gasteiger partial charge in [0.1, 0.15) is 0 Å². The summed E-state index contributed by atoms with van der Waals surface area (Å²) in [5.74, 6) is 0.853. The van der Waals surface area contributed by atoms with Crippen LogP contribution < -0.4 is 0 Å². The summed E-state index contributed by atoms with van der Waals surface area (Å²) in [6, 6.07) is 0. The molecule has 1 fully saturated rings. The van der Waals surface area contributed by atoms with Gasteiger partial charge >= 0.3 is 0 Å². The van der Waals surface area contributed by atoms with Gasteiger partial charge in [-0.15, -0.1) is 11.3 Å². The number of hydrogen-bond acceptors (Lipinski definition) is 2. The highest BCUT2D eigenvalue weighted by Gasteiger charge is 2.26. The van der Waals surface area contributed by atoms with Gasteiger partial charge in [0.15, 0.2) is 4.96 Å². The van der Waals surface area contributed by atoms with E-state index < -0.39 is 0 Å². The van der Waals surface area contributed by atoms with Gasteiger partial charge in [-0.25, -0.2) is 4.98 Å². The smallest absolute Gasteiger partial charge is 0.194 e. The molecular formula is C10H12N2S. The van der Waals surface area contributed by atoms with Crippen LogP contribution in [0, 0.1) is 13.8 Å². The molecule has 0 aromatic carbocycles. The molecule has 0 saturated heterocycles. The van der Waals surface area contributed by atoms with Crippen LogP contribution in [0.2, 0.25) is 0 Å². The Balaban J connectivity index is 2.23. The average Bonchev–Trinajstić information content (AvgIpc) is 2.82. The van der Waals surface area contributed by atoms with Gasteiger partial charge in [0.2, 0.25) is 0 Å². The van der Waals surface area contributed by atoms with Gasteiger partial charge in [-0.2, -0.15) is 0 Å². The quantitative estimate of drug-likeness (QED) is 0.679. The molecule has 0 aliphatic heterocycles. The van der Waals surface area contributed by atoms with Gasteiger partial charge in [0.05, 0.1) is 5.69 Å². The van der Waals surface area contributed by atoms with Crippen molar-refractivity contribution >= 4 is 16.3 Å². The molecule has 2 aromatic heterocycles. The van der Waals surface area contributed by atoms with Crippen LogP contribution in [0.3, 0.4) is 0 Å². The average molecular weight is 192 g/mol. The third kappa shape index (κ3) is 1.03. The van der Waals surface area contributed by atoms with Crippen molar-refractivity contribution in [3.8, 4) is 0 Å². The Morgan fingerprint density at radius 1 is 1.46 bits per heavy atom. The molecule has 1 aliphatic rings. The van der Waals surface area contributed by atoms with E-state index in [2.05, 4.69) is 29.4 Å². The number of aromatic nitrogens is 2. The van der Waals surface area contributed by atoms with Gasteiger partial charge in [-0.05, 0) is 32.6 Å². The SMILES string of the molecule is Cc1nc2sc(C3CC3)cn2c1C. The van der Waals surface area contributed by atoms with Crippen LogP contribution in [0.5, 0.6) is 0 Å². The van der Waals surface area contributed by atoms with E-state index in [9.17, 15) is 0 Å². The van der Waals surface area contributed by atoms with Crippen LogP contribution in [0.1, 0.15) is 35.0 Å². The second kappa shape index (κ2) is 2.35. The molecule has 0 radical (unpaired) electrons. The van der Waals surface area contributed by atoms with Crippen molar-refractivity contribution in [2.45, 2.75) is 32.6 Å². The lowest BCUT2D eigenvalue weighted by molar-refractivity contribution is 1.07. The molecule has 3 rings (SSSR count). The zero-order valence-corrected chi connectivity index (χ0v) is 8.69. The molecule has 2 aromatic rings. The predicted molar refractivity (Wildman–Crippen MR) is 54.5 cm³/mol. The first-order valence-electron chi connectivity index (χ1n) is 4.70. The minimum Gasteiger partial charge on any atom is -0.294 e. The molecule has 0 bridgehead atoms. The number of nitrogens with zero attached hydrogens (tertiary/aromatic N) is 2. The number of thiazole rings is 1. The van der Waals surface area contributed by atoms with Crippen molar-refractivity contribution in [1.29, 1.82) is 0 Å². The maximum atomic E-state index is 4.53. The standard InChI is InChI=1S/C10H12N2S/c1-6-7(2)12-5-9(8-3-4-8)13-10(12)11-6/h5,8H,3-4H2,1-2H3. The lowest BCUT2D eigenvalue weighted by atomic mass is 10.3. The second-order valence-corrected chi connectivity index (χ2v) is 4.88. The number of imidazole rings is 1. The molecule has 0 N–H and O–H groups in total. The summed E-state index contributed by atoms with van der Waals surface area (Å²) in [6.45, 7) is 4.21. The lowest BCUT2D eigenvalue weighted by Gasteiger charge is -1.89. The molecule has 2 nitrogen and oxygen atoms in total. The first kappa shape index (κ1) is 7.56. The van der Waals surface area contributed by atoms with Crippen LogP contribution >= 0.6 is 11.3 Å². The van der Waals surface area contributed by atoms with Crippen molar-refractivity contribution in [2.75, 3.05) is 0 Å². The summed E-state index contributed by atoms with van der Waals surface area (Å²) >= 11 is 1.85.